The van der Waals surface area contributed by atoms with Crippen LogP contribution in [0.2, 0.25) is 0 Å². The Morgan fingerprint density at radius 1 is 1.45 bits per heavy atom. The number of carboxylic acids is 1. The zero-order chi connectivity index (χ0) is 8.01. The monoisotopic (exact) mass is 152 g/mol. The fraction of sp³-hybridized carbons (Fsp3) is 0.667. The second-order valence-electron chi connectivity index (χ2n) is 3.67. The highest BCUT2D eigenvalue weighted by Gasteiger charge is 2.45. The molecule has 0 spiro atoms. The van der Waals surface area contributed by atoms with E-state index in [2.05, 4.69) is 12.2 Å². The molecule has 2 aliphatic carbocycles. The van der Waals surface area contributed by atoms with Crippen molar-refractivity contribution in [2.24, 2.45) is 23.7 Å². The molecular formula is C9H12O2. The van der Waals surface area contributed by atoms with E-state index < -0.39 is 5.97 Å². The molecule has 60 valence electrons. The highest BCUT2D eigenvalue weighted by molar-refractivity contribution is 5.72. The van der Waals surface area contributed by atoms with E-state index in [0.29, 0.717) is 17.8 Å². The van der Waals surface area contributed by atoms with E-state index in [1.165, 1.54) is 0 Å². The average Bonchev–Trinajstić information content (AvgIpc) is 2.44. The van der Waals surface area contributed by atoms with Crippen LogP contribution in [0.5, 0.6) is 0 Å². The highest BCUT2D eigenvalue weighted by atomic mass is 16.4. The Kier molecular flexibility index (Phi) is 1.31. The lowest BCUT2D eigenvalue weighted by molar-refractivity contribution is -0.144. The third kappa shape index (κ3) is 0.817. The van der Waals surface area contributed by atoms with Gasteiger partial charge in [-0.25, -0.2) is 0 Å². The smallest absolute Gasteiger partial charge is 0.307 e. The molecule has 2 nitrogen and oxygen atoms in total. The molecular weight excluding hydrogens is 140 g/mol. The molecule has 1 N–H and O–H groups in total. The maximum absolute atomic E-state index is 10.8. The Morgan fingerprint density at radius 2 is 2.09 bits per heavy atom. The van der Waals surface area contributed by atoms with Gasteiger partial charge in [-0.3, -0.25) is 4.79 Å². The number of aliphatic carboxylic acids is 1. The fourth-order valence-corrected chi connectivity index (χ4v) is 2.48. The molecule has 2 bridgehead atoms. The SMILES string of the molecule is C[C@@H]1C2C=CC(C2)C1C(=O)O. The molecule has 0 aromatic heterocycles. The molecule has 1 saturated carbocycles. The maximum atomic E-state index is 10.8. The van der Waals surface area contributed by atoms with Crippen molar-refractivity contribution in [2.45, 2.75) is 13.3 Å². The molecule has 0 aromatic rings. The van der Waals surface area contributed by atoms with Crippen LogP contribution in [0.4, 0.5) is 0 Å². The highest BCUT2D eigenvalue weighted by Crippen LogP contribution is 2.47. The predicted molar refractivity (Wildman–Crippen MR) is 41.0 cm³/mol. The molecule has 0 aliphatic heterocycles. The number of allylic oxidation sites excluding steroid dienone is 2. The average molecular weight is 152 g/mol. The van der Waals surface area contributed by atoms with Crippen LogP contribution in [0.25, 0.3) is 0 Å². The summed E-state index contributed by atoms with van der Waals surface area (Å²) in [5.41, 5.74) is 0. The number of carboxylic acid groups (broad SMARTS) is 1. The summed E-state index contributed by atoms with van der Waals surface area (Å²) < 4.78 is 0. The lowest BCUT2D eigenvalue weighted by Crippen LogP contribution is -2.25. The van der Waals surface area contributed by atoms with Gasteiger partial charge >= 0.3 is 5.97 Å². The van der Waals surface area contributed by atoms with Crippen molar-refractivity contribution >= 4 is 5.97 Å². The van der Waals surface area contributed by atoms with E-state index in [1.54, 1.807) is 0 Å². The number of fused-ring (bicyclic) bond motifs is 2. The summed E-state index contributed by atoms with van der Waals surface area (Å²) in [6.07, 6.45) is 5.32. The summed E-state index contributed by atoms with van der Waals surface area (Å²) >= 11 is 0. The van der Waals surface area contributed by atoms with Crippen molar-refractivity contribution in [2.75, 3.05) is 0 Å². The van der Waals surface area contributed by atoms with Crippen LogP contribution in [-0.2, 0) is 4.79 Å². The van der Waals surface area contributed by atoms with E-state index in [0.717, 1.165) is 6.42 Å². The predicted octanol–water partition coefficient (Wildman–Crippen LogP) is 1.53. The minimum absolute atomic E-state index is 0.106. The van der Waals surface area contributed by atoms with Crippen molar-refractivity contribution in [3.8, 4) is 0 Å². The summed E-state index contributed by atoms with van der Waals surface area (Å²) in [7, 11) is 0. The number of carbonyl (C=O) groups is 1. The Labute approximate surface area is 65.9 Å². The van der Waals surface area contributed by atoms with Gasteiger partial charge < -0.3 is 5.11 Å². The lowest BCUT2D eigenvalue weighted by atomic mass is 9.85. The Balaban J connectivity index is 2.25. The van der Waals surface area contributed by atoms with Crippen molar-refractivity contribution in [1.82, 2.24) is 0 Å². The summed E-state index contributed by atoms with van der Waals surface area (Å²) in [6.45, 7) is 2.05. The van der Waals surface area contributed by atoms with Gasteiger partial charge in [0.1, 0.15) is 0 Å². The van der Waals surface area contributed by atoms with Gasteiger partial charge in [0, 0.05) is 0 Å². The second kappa shape index (κ2) is 2.10. The van der Waals surface area contributed by atoms with Crippen molar-refractivity contribution in [3.63, 3.8) is 0 Å². The molecule has 0 heterocycles. The summed E-state index contributed by atoms with van der Waals surface area (Å²) in [4.78, 5) is 10.8. The number of hydrogen-bond acceptors (Lipinski definition) is 1. The third-order valence-corrected chi connectivity index (χ3v) is 3.14. The van der Waals surface area contributed by atoms with E-state index in [9.17, 15) is 4.79 Å². The van der Waals surface area contributed by atoms with Crippen LogP contribution in [0.15, 0.2) is 12.2 Å². The van der Waals surface area contributed by atoms with Crippen LogP contribution in [0.1, 0.15) is 13.3 Å². The van der Waals surface area contributed by atoms with E-state index in [1.807, 2.05) is 6.92 Å². The summed E-state index contributed by atoms with van der Waals surface area (Å²) in [5, 5.41) is 8.87. The quantitative estimate of drug-likeness (QED) is 0.578. The van der Waals surface area contributed by atoms with E-state index in [-0.39, 0.29) is 5.92 Å². The van der Waals surface area contributed by atoms with E-state index in [4.69, 9.17) is 5.11 Å². The third-order valence-electron chi connectivity index (χ3n) is 3.14. The molecule has 0 saturated heterocycles. The molecule has 4 atom stereocenters. The molecule has 2 heteroatoms. The van der Waals surface area contributed by atoms with Crippen LogP contribution in [0, 0.1) is 23.7 Å². The second-order valence-corrected chi connectivity index (χ2v) is 3.67. The zero-order valence-corrected chi connectivity index (χ0v) is 6.53. The van der Waals surface area contributed by atoms with Crippen molar-refractivity contribution in [1.29, 1.82) is 0 Å². The molecule has 1 fully saturated rings. The normalized spacial score (nSPS) is 46.6. The molecule has 0 amide bonds. The van der Waals surface area contributed by atoms with Gasteiger partial charge in [0.25, 0.3) is 0 Å². The lowest BCUT2D eigenvalue weighted by Gasteiger charge is -2.19. The van der Waals surface area contributed by atoms with Crippen LogP contribution < -0.4 is 0 Å². The largest absolute Gasteiger partial charge is 0.481 e. The topological polar surface area (TPSA) is 37.3 Å². The molecule has 11 heavy (non-hydrogen) atoms. The number of rotatable bonds is 1. The van der Waals surface area contributed by atoms with Gasteiger partial charge in [-0.2, -0.15) is 0 Å². The zero-order valence-electron chi connectivity index (χ0n) is 6.53. The van der Waals surface area contributed by atoms with Gasteiger partial charge in [0.15, 0.2) is 0 Å². The molecule has 2 rings (SSSR count). The first-order valence-corrected chi connectivity index (χ1v) is 4.11. The van der Waals surface area contributed by atoms with Crippen LogP contribution in [0.3, 0.4) is 0 Å². The first-order chi connectivity index (χ1) is 5.20. The number of hydrogen-bond donors (Lipinski definition) is 1. The summed E-state index contributed by atoms with van der Waals surface area (Å²) in [5.74, 6) is 0.496. The van der Waals surface area contributed by atoms with Gasteiger partial charge in [-0.1, -0.05) is 19.1 Å². The standard InChI is InChI=1S/C9H12O2/c1-5-6-2-3-7(4-6)8(5)9(10)11/h2-3,5-8H,4H2,1H3,(H,10,11)/t5-,6?,7?,8?/m1/s1. The Hall–Kier alpha value is -0.790. The van der Waals surface area contributed by atoms with Gasteiger partial charge in [-0.15, -0.1) is 0 Å². The molecule has 3 unspecified atom stereocenters. The Morgan fingerprint density at radius 3 is 2.45 bits per heavy atom. The van der Waals surface area contributed by atoms with Gasteiger partial charge in [-0.05, 0) is 24.2 Å². The first kappa shape index (κ1) is 6.89. The van der Waals surface area contributed by atoms with Crippen LogP contribution in [-0.4, -0.2) is 11.1 Å². The van der Waals surface area contributed by atoms with Gasteiger partial charge in [0.2, 0.25) is 0 Å². The van der Waals surface area contributed by atoms with E-state index >= 15 is 0 Å². The minimum atomic E-state index is -0.616. The van der Waals surface area contributed by atoms with Crippen LogP contribution >= 0.6 is 0 Å². The fourth-order valence-electron chi connectivity index (χ4n) is 2.48. The molecule has 0 aromatic carbocycles. The minimum Gasteiger partial charge on any atom is -0.481 e. The molecule has 0 radical (unpaired) electrons. The van der Waals surface area contributed by atoms with Crippen molar-refractivity contribution in [3.05, 3.63) is 12.2 Å². The van der Waals surface area contributed by atoms with Crippen molar-refractivity contribution < 1.29 is 9.90 Å². The molecule has 2 aliphatic rings. The summed E-state index contributed by atoms with van der Waals surface area (Å²) in [6, 6.07) is 0. The maximum Gasteiger partial charge on any atom is 0.307 e. The first-order valence-electron chi connectivity index (χ1n) is 4.11. The Bertz CT molecular complexity index is 220. The van der Waals surface area contributed by atoms with Gasteiger partial charge in [0.05, 0.1) is 5.92 Å².